The number of ether oxygens (including phenoxy) is 2. The summed E-state index contributed by atoms with van der Waals surface area (Å²) in [6, 6.07) is 0. The molecule has 0 amide bonds. The fourth-order valence-corrected chi connectivity index (χ4v) is 1.51. The standard InChI is InChI=1S/C13H22O7/c14-9-5-1-2-6-10-19-11(15)7-3-4-8-12(16)20-13(17)18/h14H,1-10H2,(H,17,18). The van der Waals surface area contributed by atoms with Gasteiger partial charge in [0.25, 0.3) is 0 Å². The van der Waals surface area contributed by atoms with Gasteiger partial charge in [0.2, 0.25) is 0 Å². The van der Waals surface area contributed by atoms with Crippen molar-refractivity contribution in [3.05, 3.63) is 0 Å². The summed E-state index contributed by atoms with van der Waals surface area (Å²) in [7, 11) is 0. The molecule has 0 atom stereocenters. The Hall–Kier alpha value is -1.63. The van der Waals surface area contributed by atoms with Crippen molar-refractivity contribution in [3.8, 4) is 0 Å². The van der Waals surface area contributed by atoms with Crippen LogP contribution in [0, 0.1) is 0 Å². The van der Waals surface area contributed by atoms with E-state index in [9.17, 15) is 14.4 Å². The monoisotopic (exact) mass is 290 g/mol. The van der Waals surface area contributed by atoms with Crippen LogP contribution in [0.4, 0.5) is 4.79 Å². The average Bonchev–Trinajstić information content (AvgIpc) is 2.38. The normalized spacial score (nSPS) is 10.1. The van der Waals surface area contributed by atoms with E-state index < -0.39 is 12.1 Å². The molecule has 0 aliphatic rings. The number of rotatable bonds is 11. The lowest BCUT2D eigenvalue weighted by atomic mass is 10.2. The minimum absolute atomic E-state index is 0.0270. The first-order valence-corrected chi connectivity index (χ1v) is 6.76. The molecule has 7 nitrogen and oxygen atoms in total. The molecule has 116 valence electrons. The van der Waals surface area contributed by atoms with Crippen molar-refractivity contribution in [3.63, 3.8) is 0 Å². The molecule has 0 spiro atoms. The number of unbranched alkanes of at least 4 members (excludes halogenated alkanes) is 4. The first-order valence-electron chi connectivity index (χ1n) is 6.76. The molecule has 0 heterocycles. The van der Waals surface area contributed by atoms with Gasteiger partial charge in [-0.05, 0) is 32.1 Å². The van der Waals surface area contributed by atoms with Crippen molar-refractivity contribution >= 4 is 18.1 Å². The molecule has 0 aromatic carbocycles. The third-order valence-corrected chi connectivity index (χ3v) is 2.53. The molecule has 0 fully saturated rings. The number of carbonyl (C=O) groups is 3. The zero-order chi connectivity index (χ0) is 15.2. The van der Waals surface area contributed by atoms with Crippen LogP contribution >= 0.6 is 0 Å². The molecule has 0 saturated carbocycles. The molecule has 0 aliphatic carbocycles. The van der Waals surface area contributed by atoms with Crippen LogP contribution in [0.3, 0.4) is 0 Å². The molecule has 0 aromatic heterocycles. The smallest absolute Gasteiger partial charge is 0.466 e. The van der Waals surface area contributed by atoms with Crippen LogP contribution in [-0.2, 0) is 19.1 Å². The molecular weight excluding hydrogens is 268 g/mol. The van der Waals surface area contributed by atoms with Gasteiger partial charge >= 0.3 is 18.1 Å². The van der Waals surface area contributed by atoms with Gasteiger partial charge in [-0.25, -0.2) is 4.79 Å². The van der Waals surface area contributed by atoms with Crippen LogP contribution in [0.1, 0.15) is 51.4 Å². The fraction of sp³-hybridized carbons (Fsp3) is 0.769. The Balaban J connectivity index is 3.36. The first kappa shape index (κ1) is 18.4. The molecule has 0 rings (SSSR count). The van der Waals surface area contributed by atoms with Crippen LogP contribution in [0.25, 0.3) is 0 Å². The van der Waals surface area contributed by atoms with Gasteiger partial charge < -0.3 is 19.7 Å². The number of aliphatic hydroxyl groups excluding tert-OH is 1. The van der Waals surface area contributed by atoms with Gasteiger partial charge in [-0.1, -0.05) is 6.42 Å². The summed E-state index contributed by atoms with van der Waals surface area (Å²) in [6.45, 7) is 0.551. The quantitative estimate of drug-likeness (QED) is 0.339. The summed E-state index contributed by atoms with van der Waals surface area (Å²) in [5.41, 5.74) is 0. The van der Waals surface area contributed by atoms with E-state index in [0.29, 0.717) is 19.4 Å². The second-order valence-electron chi connectivity index (χ2n) is 4.31. The van der Waals surface area contributed by atoms with Crippen molar-refractivity contribution in [2.75, 3.05) is 13.2 Å². The second kappa shape index (κ2) is 12.4. The largest absolute Gasteiger partial charge is 0.513 e. The Labute approximate surface area is 117 Å². The summed E-state index contributed by atoms with van der Waals surface area (Å²) in [5, 5.41) is 16.7. The maximum Gasteiger partial charge on any atom is 0.513 e. The van der Waals surface area contributed by atoms with Crippen LogP contribution in [0.2, 0.25) is 0 Å². The average molecular weight is 290 g/mol. The zero-order valence-electron chi connectivity index (χ0n) is 11.5. The number of carboxylic acid groups (broad SMARTS) is 1. The second-order valence-corrected chi connectivity index (χ2v) is 4.31. The van der Waals surface area contributed by atoms with Crippen LogP contribution in [0.5, 0.6) is 0 Å². The number of esters is 2. The lowest BCUT2D eigenvalue weighted by molar-refractivity contribution is -0.144. The van der Waals surface area contributed by atoms with Gasteiger partial charge in [-0.15, -0.1) is 0 Å². The van der Waals surface area contributed by atoms with Gasteiger partial charge in [0.15, 0.2) is 0 Å². The van der Waals surface area contributed by atoms with E-state index in [-0.39, 0.29) is 25.4 Å². The predicted octanol–water partition coefficient (Wildman–Crippen LogP) is 1.86. The highest BCUT2D eigenvalue weighted by molar-refractivity contribution is 5.80. The predicted molar refractivity (Wildman–Crippen MR) is 69.1 cm³/mol. The number of hydrogen-bond acceptors (Lipinski definition) is 6. The summed E-state index contributed by atoms with van der Waals surface area (Å²) in [4.78, 5) is 32.2. The molecule has 0 radical (unpaired) electrons. The highest BCUT2D eigenvalue weighted by Crippen LogP contribution is 2.04. The highest BCUT2D eigenvalue weighted by atomic mass is 16.7. The van der Waals surface area contributed by atoms with Crippen LogP contribution in [0.15, 0.2) is 0 Å². The minimum Gasteiger partial charge on any atom is -0.466 e. The third kappa shape index (κ3) is 12.8. The van der Waals surface area contributed by atoms with E-state index in [1.54, 1.807) is 0 Å². The van der Waals surface area contributed by atoms with E-state index in [1.807, 2.05) is 0 Å². The molecule has 0 aromatic rings. The summed E-state index contributed by atoms with van der Waals surface area (Å²) in [5.74, 6) is -1.13. The molecule has 0 saturated heterocycles. The summed E-state index contributed by atoms with van der Waals surface area (Å²) >= 11 is 0. The molecule has 7 heteroatoms. The van der Waals surface area contributed by atoms with Gasteiger partial charge in [0.05, 0.1) is 6.61 Å². The van der Waals surface area contributed by atoms with E-state index in [2.05, 4.69) is 4.74 Å². The Kier molecular flexibility index (Phi) is 11.4. The molecule has 0 bridgehead atoms. The fourth-order valence-electron chi connectivity index (χ4n) is 1.51. The lowest BCUT2D eigenvalue weighted by Gasteiger charge is -2.04. The summed E-state index contributed by atoms with van der Waals surface area (Å²) < 4.78 is 8.89. The van der Waals surface area contributed by atoms with Gasteiger partial charge in [-0.3, -0.25) is 9.59 Å². The lowest BCUT2D eigenvalue weighted by Crippen LogP contribution is -2.10. The van der Waals surface area contributed by atoms with E-state index in [1.165, 1.54) is 0 Å². The first-order chi connectivity index (χ1) is 9.56. The van der Waals surface area contributed by atoms with Crippen LogP contribution in [-0.4, -0.2) is 41.5 Å². The minimum atomic E-state index is -1.62. The van der Waals surface area contributed by atoms with Gasteiger partial charge in [0.1, 0.15) is 0 Å². The topological polar surface area (TPSA) is 110 Å². The van der Waals surface area contributed by atoms with E-state index in [4.69, 9.17) is 14.9 Å². The zero-order valence-corrected chi connectivity index (χ0v) is 11.5. The number of aliphatic hydroxyl groups is 1. The van der Waals surface area contributed by atoms with E-state index in [0.717, 1.165) is 25.7 Å². The van der Waals surface area contributed by atoms with Gasteiger partial charge in [-0.2, -0.15) is 0 Å². The van der Waals surface area contributed by atoms with Gasteiger partial charge in [0, 0.05) is 19.4 Å². The Morgan fingerprint density at radius 1 is 0.800 bits per heavy atom. The third-order valence-electron chi connectivity index (χ3n) is 2.53. The molecule has 20 heavy (non-hydrogen) atoms. The SMILES string of the molecule is O=C(O)OC(=O)CCCCC(=O)OCCCCCCO. The maximum atomic E-state index is 11.3. The Morgan fingerprint density at radius 3 is 2.00 bits per heavy atom. The van der Waals surface area contributed by atoms with Crippen molar-refractivity contribution in [1.29, 1.82) is 0 Å². The van der Waals surface area contributed by atoms with Crippen molar-refractivity contribution in [1.82, 2.24) is 0 Å². The van der Waals surface area contributed by atoms with Crippen molar-refractivity contribution in [2.45, 2.75) is 51.4 Å². The molecule has 0 unspecified atom stereocenters. The maximum absolute atomic E-state index is 11.3. The summed E-state index contributed by atoms with van der Waals surface area (Å²) in [6.07, 6.45) is 2.77. The number of hydrogen-bond donors (Lipinski definition) is 2. The van der Waals surface area contributed by atoms with Crippen molar-refractivity contribution in [2.24, 2.45) is 0 Å². The van der Waals surface area contributed by atoms with Crippen LogP contribution < -0.4 is 0 Å². The van der Waals surface area contributed by atoms with Crippen molar-refractivity contribution < 1.29 is 34.1 Å². The Bertz CT molecular complexity index is 301. The Morgan fingerprint density at radius 2 is 1.40 bits per heavy atom. The molecular formula is C13H22O7. The highest BCUT2D eigenvalue weighted by Gasteiger charge is 2.09. The molecule has 0 aliphatic heterocycles. The van der Waals surface area contributed by atoms with E-state index >= 15 is 0 Å². The molecule has 2 N–H and O–H groups in total. The number of carbonyl (C=O) groups excluding carboxylic acids is 2.